The lowest BCUT2D eigenvalue weighted by Crippen LogP contribution is -2.21. The lowest BCUT2D eigenvalue weighted by molar-refractivity contribution is 0.0962. The van der Waals surface area contributed by atoms with E-state index in [0.717, 1.165) is 34.3 Å². The van der Waals surface area contributed by atoms with Crippen LogP contribution in [0.3, 0.4) is 0 Å². The number of aromatic nitrogens is 4. The highest BCUT2D eigenvalue weighted by Crippen LogP contribution is 2.33. The number of ketones is 1. The largest absolute Gasteiger partial charge is 0.294 e. The fourth-order valence-corrected chi connectivity index (χ4v) is 4.40. The lowest BCUT2D eigenvalue weighted by atomic mass is 9.82. The normalized spacial score (nSPS) is 15.6. The number of benzene rings is 2. The van der Waals surface area contributed by atoms with E-state index in [1.807, 2.05) is 37.3 Å². The molecule has 2 heterocycles. The second kappa shape index (κ2) is 8.28. The molecule has 1 unspecified atom stereocenters. The van der Waals surface area contributed by atoms with Crippen molar-refractivity contribution in [2.75, 3.05) is 5.32 Å². The minimum absolute atomic E-state index is 0.0448. The molecule has 0 saturated heterocycles. The van der Waals surface area contributed by atoms with Crippen molar-refractivity contribution in [3.05, 3.63) is 81.8 Å². The Morgan fingerprint density at radius 1 is 1.06 bits per heavy atom. The van der Waals surface area contributed by atoms with Gasteiger partial charge in [-0.15, -0.1) is 0 Å². The van der Waals surface area contributed by atoms with E-state index >= 15 is 0 Å². The molecule has 0 spiro atoms. The van der Waals surface area contributed by atoms with Gasteiger partial charge in [0.25, 0.3) is 0 Å². The summed E-state index contributed by atoms with van der Waals surface area (Å²) in [6, 6.07) is 13.9. The topological polar surface area (TPSA) is 80.7 Å². The summed E-state index contributed by atoms with van der Waals surface area (Å²) in [5.41, 5.74) is 5.37. The van der Waals surface area contributed by atoms with Crippen LogP contribution in [0, 0.1) is 6.92 Å². The number of rotatable bonds is 4. The van der Waals surface area contributed by atoms with Gasteiger partial charge in [0.05, 0.1) is 22.5 Å². The maximum Gasteiger partial charge on any atom is 0.230 e. The molecular weight excluding hydrogens is 422 g/mol. The molecule has 1 aliphatic rings. The van der Waals surface area contributed by atoms with Crippen LogP contribution in [0.15, 0.2) is 48.7 Å². The Labute approximate surface area is 191 Å². The third-order valence-electron chi connectivity index (χ3n) is 5.94. The molecule has 2 aromatic carbocycles. The van der Waals surface area contributed by atoms with E-state index in [2.05, 4.69) is 44.3 Å². The van der Waals surface area contributed by atoms with Crippen molar-refractivity contribution in [2.45, 2.75) is 39.0 Å². The number of hydrogen-bond acceptors (Lipinski definition) is 6. The van der Waals surface area contributed by atoms with Gasteiger partial charge in [-0.2, -0.15) is 0 Å². The predicted molar refractivity (Wildman–Crippen MR) is 126 cm³/mol. The first-order chi connectivity index (χ1) is 15.5. The number of anilines is 2. The number of nitrogens with zero attached hydrogens (tertiary/aromatic N) is 4. The van der Waals surface area contributed by atoms with Crippen molar-refractivity contribution in [3.8, 4) is 0 Å². The summed E-state index contributed by atoms with van der Waals surface area (Å²) in [7, 11) is 0. The number of carbonyl (C=O) groups excluding carboxylic acids is 1. The Morgan fingerprint density at radius 2 is 1.94 bits per heavy atom. The van der Waals surface area contributed by atoms with Crippen LogP contribution in [-0.2, 0) is 12.8 Å². The first kappa shape index (κ1) is 20.5. The van der Waals surface area contributed by atoms with Gasteiger partial charge in [0, 0.05) is 23.0 Å². The lowest BCUT2D eigenvalue weighted by Gasteiger charge is -2.23. The molecule has 1 atom stereocenters. The van der Waals surface area contributed by atoms with Crippen LogP contribution in [0.5, 0.6) is 0 Å². The quantitative estimate of drug-likeness (QED) is 0.442. The average molecular weight is 444 g/mol. The number of aryl methyl sites for hydroxylation is 2. The molecule has 0 amide bonds. The number of fused-ring (bicyclic) bond motifs is 2. The van der Waals surface area contributed by atoms with Crippen molar-refractivity contribution in [1.82, 2.24) is 19.9 Å². The van der Waals surface area contributed by atoms with Crippen LogP contribution in [-0.4, -0.2) is 25.7 Å². The zero-order chi connectivity index (χ0) is 22.2. The standard InChI is InChI=1S/C25H22ClN5O/c1-3-15-7-8-21-19(9-15)14(2)28-25(29-21)31-24-27-13-20-22(30-24)11-17(12-23(20)32)16-5-4-6-18(26)10-16/h4-10,13,17H,3,11-12H2,1-2H3,(H,27,28,29,30,31). The monoisotopic (exact) mass is 443 g/mol. The van der Waals surface area contributed by atoms with Gasteiger partial charge in [-0.25, -0.2) is 19.9 Å². The summed E-state index contributed by atoms with van der Waals surface area (Å²) in [4.78, 5) is 30.9. The summed E-state index contributed by atoms with van der Waals surface area (Å²) in [5.74, 6) is 0.913. The molecule has 0 aliphatic heterocycles. The summed E-state index contributed by atoms with van der Waals surface area (Å²) >= 11 is 6.15. The molecule has 4 aromatic rings. The second-order valence-electron chi connectivity index (χ2n) is 8.10. The fourth-order valence-electron chi connectivity index (χ4n) is 4.21. The minimum Gasteiger partial charge on any atom is -0.294 e. The van der Waals surface area contributed by atoms with E-state index in [9.17, 15) is 4.79 Å². The Balaban J connectivity index is 1.44. The maximum absolute atomic E-state index is 12.7. The second-order valence-corrected chi connectivity index (χ2v) is 8.54. The van der Waals surface area contributed by atoms with Crippen molar-refractivity contribution >= 4 is 40.2 Å². The number of Topliss-reactive ketones (excluding diaryl/α,β-unsaturated/α-hetero) is 1. The van der Waals surface area contributed by atoms with Gasteiger partial charge in [0.2, 0.25) is 11.9 Å². The van der Waals surface area contributed by atoms with Crippen LogP contribution < -0.4 is 5.32 Å². The van der Waals surface area contributed by atoms with Crippen LogP contribution >= 0.6 is 11.6 Å². The van der Waals surface area contributed by atoms with Gasteiger partial charge in [-0.1, -0.05) is 36.7 Å². The van der Waals surface area contributed by atoms with Crippen LogP contribution in [0.1, 0.15) is 52.1 Å². The first-order valence-electron chi connectivity index (χ1n) is 10.7. The third kappa shape index (κ3) is 3.94. The maximum atomic E-state index is 12.7. The predicted octanol–water partition coefficient (Wildman–Crippen LogP) is 5.60. The Hall–Kier alpha value is -3.38. The van der Waals surface area contributed by atoms with Crippen LogP contribution in [0.2, 0.25) is 5.02 Å². The van der Waals surface area contributed by atoms with Gasteiger partial charge in [-0.05, 0) is 61.1 Å². The van der Waals surface area contributed by atoms with Gasteiger partial charge in [-0.3, -0.25) is 10.1 Å². The average Bonchev–Trinajstić information content (AvgIpc) is 2.78. The molecule has 0 saturated carbocycles. The molecule has 0 fully saturated rings. The Kier molecular flexibility index (Phi) is 5.31. The molecule has 0 radical (unpaired) electrons. The van der Waals surface area contributed by atoms with E-state index < -0.39 is 0 Å². The van der Waals surface area contributed by atoms with Gasteiger partial charge in [0.1, 0.15) is 0 Å². The van der Waals surface area contributed by atoms with Crippen molar-refractivity contribution in [1.29, 1.82) is 0 Å². The summed E-state index contributed by atoms with van der Waals surface area (Å²) in [5, 5.41) is 4.82. The molecule has 1 aliphatic carbocycles. The van der Waals surface area contributed by atoms with Crippen LogP contribution in [0.25, 0.3) is 10.9 Å². The SMILES string of the molecule is CCc1ccc2nc(Nc3ncc4c(n3)CC(c3cccc(Cl)c3)CC4=O)nc(C)c2c1. The smallest absolute Gasteiger partial charge is 0.230 e. The van der Waals surface area contributed by atoms with Crippen molar-refractivity contribution < 1.29 is 4.79 Å². The van der Waals surface area contributed by atoms with E-state index in [-0.39, 0.29) is 11.7 Å². The van der Waals surface area contributed by atoms with E-state index in [1.165, 1.54) is 5.56 Å². The first-order valence-corrected chi connectivity index (χ1v) is 11.1. The highest BCUT2D eigenvalue weighted by molar-refractivity contribution is 6.30. The van der Waals surface area contributed by atoms with Gasteiger partial charge >= 0.3 is 0 Å². The summed E-state index contributed by atoms with van der Waals surface area (Å²) in [6.45, 7) is 4.10. The number of carbonyl (C=O) groups is 1. The number of hydrogen-bond donors (Lipinski definition) is 1. The van der Waals surface area contributed by atoms with E-state index in [4.69, 9.17) is 11.6 Å². The molecule has 160 valence electrons. The zero-order valence-corrected chi connectivity index (χ0v) is 18.6. The molecule has 7 heteroatoms. The fraction of sp³-hybridized carbons (Fsp3) is 0.240. The Bertz CT molecular complexity index is 1350. The third-order valence-corrected chi connectivity index (χ3v) is 6.18. The molecule has 2 aromatic heterocycles. The highest BCUT2D eigenvalue weighted by atomic mass is 35.5. The van der Waals surface area contributed by atoms with Gasteiger partial charge < -0.3 is 0 Å². The molecular formula is C25H22ClN5O. The number of nitrogens with one attached hydrogen (secondary N) is 1. The summed E-state index contributed by atoms with van der Waals surface area (Å²) in [6.07, 6.45) is 3.64. The molecule has 5 rings (SSSR count). The number of halogens is 1. The highest BCUT2D eigenvalue weighted by Gasteiger charge is 2.28. The van der Waals surface area contributed by atoms with E-state index in [1.54, 1.807) is 6.20 Å². The summed E-state index contributed by atoms with van der Waals surface area (Å²) < 4.78 is 0. The molecule has 0 bridgehead atoms. The van der Waals surface area contributed by atoms with Crippen LogP contribution in [0.4, 0.5) is 11.9 Å². The van der Waals surface area contributed by atoms with E-state index in [0.29, 0.717) is 35.3 Å². The van der Waals surface area contributed by atoms with Crippen molar-refractivity contribution in [3.63, 3.8) is 0 Å². The molecule has 1 N–H and O–H groups in total. The van der Waals surface area contributed by atoms with Gasteiger partial charge in [0.15, 0.2) is 5.78 Å². The minimum atomic E-state index is 0.0448. The molecule has 32 heavy (non-hydrogen) atoms. The zero-order valence-electron chi connectivity index (χ0n) is 17.9. The Morgan fingerprint density at radius 3 is 2.75 bits per heavy atom. The van der Waals surface area contributed by atoms with Crippen molar-refractivity contribution in [2.24, 2.45) is 0 Å². The molecule has 6 nitrogen and oxygen atoms in total.